The maximum absolute atomic E-state index is 6.24. The van der Waals surface area contributed by atoms with Crippen molar-refractivity contribution in [1.29, 1.82) is 0 Å². The zero-order valence-corrected chi connectivity index (χ0v) is 17.7. The third-order valence-corrected chi connectivity index (χ3v) is 5.48. The van der Waals surface area contributed by atoms with Crippen molar-refractivity contribution in [3.8, 4) is 17.2 Å². The number of nitrogens with zero attached hydrogens (tertiary/aromatic N) is 4. The fourth-order valence-electron chi connectivity index (χ4n) is 2.99. The number of hydrogen-bond donors (Lipinski definition) is 1. The topological polar surface area (TPSA) is 100.0 Å². The number of ether oxygens (including phenoxy) is 1. The summed E-state index contributed by atoms with van der Waals surface area (Å²) in [6.07, 6.45) is 3.90. The van der Waals surface area contributed by atoms with Crippen molar-refractivity contribution >= 4 is 11.8 Å². The fourth-order valence-corrected chi connectivity index (χ4v) is 3.62. The van der Waals surface area contributed by atoms with Crippen molar-refractivity contribution in [2.45, 2.75) is 18.2 Å². The van der Waals surface area contributed by atoms with Crippen molar-refractivity contribution in [2.24, 2.45) is 5.73 Å². The van der Waals surface area contributed by atoms with Crippen LogP contribution in [0.1, 0.15) is 23.2 Å². The Kier molecular flexibility index (Phi) is 7.25. The Bertz CT molecular complexity index is 1060. The Labute approximate surface area is 185 Å². The van der Waals surface area contributed by atoms with Gasteiger partial charge < -0.3 is 14.9 Å². The quantitative estimate of drug-likeness (QED) is 0.373. The zero-order valence-electron chi connectivity index (χ0n) is 16.9. The van der Waals surface area contributed by atoms with Gasteiger partial charge in [0.15, 0.2) is 0 Å². The smallest absolute Gasteiger partial charge is 0.247 e. The van der Waals surface area contributed by atoms with E-state index in [0.717, 1.165) is 28.3 Å². The third kappa shape index (κ3) is 6.13. The average Bonchev–Trinajstić information content (AvgIpc) is 3.29. The first-order valence-electron chi connectivity index (χ1n) is 9.97. The SMILES string of the molecule is NC(Cc1ccc(-c2nnc(CSCCOc3ccccc3)o2)cc1)c1ccncn1. The molecule has 7 nitrogen and oxygen atoms in total. The van der Waals surface area contributed by atoms with Crippen molar-refractivity contribution in [1.82, 2.24) is 20.2 Å². The first kappa shape index (κ1) is 21.0. The van der Waals surface area contributed by atoms with Crippen LogP contribution in [0.3, 0.4) is 0 Å². The minimum atomic E-state index is -0.174. The minimum Gasteiger partial charge on any atom is -0.493 e. The molecular formula is C23H23N5O2S. The molecule has 1 atom stereocenters. The highest BCUT2D eigenvalue weighted by molar-refractivity contribution is 7.98. The molecule has 2 heterocycles. The lowest BCUT2D eigenvalue weighted by Gasteiger charge is -2.10. The van der Waals surface area contributed by atoms with Gasteiger partial charge in [-0.2, -0.15) is 0 Å². The molecular weight excluding hydrogens is 410 g/mol. The van der Waals surface area contributed by atoms with Crippen molar-refractivity contribution < 1.29 is 9.15 Å². The minimum absolute atomic E-state index is 0.174. The molecule has 0 amide bonds. The summed E-state index contributed by atoms with van der Waals surface area (Å²) in [5.41, 5.74) is 9.06. The summed E-state index contributed by atoms with van der Waals surface area (Å²) in [6.45, 7) is 0.633. The highest BCUT2D eigenvalue weighted by Gasteiger charge is 2.11. The summed E-state index contributed by atoms with van der Waals surface area (Å²) >= 11 is 1.70. The molecule has 2 aromatic heterocycles. The van der Waals surface area contributed by atoms with Gasteiger partial charge in [-0.15, -0.1) is 22.0 Å². The van der Waals surface area contributed by atoms with Crippen LogP contribution in [-0.2, 0) is 12.2 Å². The molecule has 158 valence electrons. The highest BCUT2D eigenvalue weighted by Crippen LogP contribution is 2.22. The summed E-state index contributed by atoms with van der Waals surface area (Å²) in [5.74, 6) is 3.49. The molecule has 0 aliphatic heterocycles. The lowest BCUT2D eigenvalue weighted by atomic mass is 10.0. The molecule has 0 radical (unpaired) electrons. The van der Waals surface area contributed by atoms with Gasteiger partial charge in [0.05, 0.1) is 24.1 Å². The molecule has 0 fully saturated rings. The van der Waals surface area contributed by atoms with Crippen LogP contribution in [0.15, 0.2) is 77.6 Å². The molecule has 31 heavy (non-hydrogen) atoms. The van der Waals surface area contributed by atoms with Crippen molar-refractivity contribution in [3.63, 3.8) is 0 Å². The van der Waals surface area contributed by atoms with E-state index in [-0.39, 0.29) is 6.04 Å². The Hall–Kier alpha value is -3.23. The fraction of sp³-hybridized carbons (Fsp3) is 0.217. The second kappa shape index (κ2) is 10.7. The Balaban J connectivity index is 1.24. The summed E-state index contributed by atoms with van der Waals surface area (Å²) in [4.78, 5) is 8.14. The predicted molar refractivity (Wildman–Crippen MR) is 120 cm³/mol. The van der Waals surface area contributed by atoms with Gasteiger partial charge in [0.1, 0.15) is 12.1 Å². The van der Waals surface area contributed by atoms with Gasteiger partial charge in [-0.3, -0.25) is 0 Å². The molecule has 4 aromatic rings. The number of rotatable bonds is 10. The van der Waals surface area contributed by atoms with Gasteiger partial charge in [-0.25, -0.2) is 9.97 Å². The van der Waals surface area contributed by atoms with Crippen LogP contribution in [0.2, 0.25) is 0 Å². The Morgan fingerprint density at radius 1 is 1.00 bits per heavy atom. The number of aromatic nitrogens is 4. The van der Waals surface area contributed by atoms with Gasteiger partial charge in [-0.05, 0) is 42.3 Å². The average molecular weight is 434 g/mol. The monoisotopic (exact) mass is 433 g/mol. The van der Waals surface area contributed by atoms with E-state index in [0.29, 0.717) is 30.6 Å². The summed E-state index contributed by atoms with van der Waals surface area (Å²) in [5, 5.41) is 8.31. The molecule has 2 N–H and O–H groups in total. The van der Waals surface area contributed by atoms with E-state index < -0.39 is 0 Å². The van der Waals surface area contributed by atoms with Crippen LogP contribution >= 0.6 is 11.8 Å². The van der Waals surface area contributed by atoms with Crippen LogP contribution in [0, 0.1) is 0 Å². The first-order chi connectivity index (χ1) is 15.3. The summed E-state index contributed by atoms with van der Waals surface area (Å²) < 4.78 is 11.5. The molecule has 2 aromatic carbocycles. The van der Waals surface area contributed by atoms with Gasteiger partial charge in [0.2, 0.25) is 11.8 Å². The molecule has 0 saturated heterocycles. The van der Waals surface area contributed by atoms with E-state index in [1.165, 1.54) is 6.33 Å². The maximum Gasteiger partial charge on any atom is 0.247 e. The molecule has 4 rings (SSSR count). The number of hydrogen-bond acceptors (Lipinski definition) is 8. The normalized spacial score (nSPS) is 11.9. The number of thioether (sulfide) groups is 1. The van der Waals surface area contributed by atoms with Crippen LogP contribution in [-0.4, -0.2) is 32.5 Å². The second-order valence-electron chi connectivity index (χ2n) is 6.86. The van der Waals surface area contributed by atoms with Crippen molar-refractivity contribution in [2.75, 3.05) is 12.4 Å². The van der Waals surface area contributed by atoms with Gasteiger partial charge in [0.25, 0.3) is 0 Å². The molecule has 0 aliphatic carbocycles. The van der Waals surface area contributed by atoms with E-state index in [4.69, 9.17) is 14.9 Å². The molecule has 0 aliphatic rings. The lowest BCUT2D eigenvalue weighted by Crippen LogP contribution is -2.14. The van der Waals surface area contributed by atoms with Crippen molar-refractivity contribution in [3.05, 3.63) is 90.3 Å². The van der Waals surface area contributed by atoms with E-state index >= 15 is 0 Å². The summed E-state index contributed by atoms with van der Waals surface area (Å²) in [7, 11) is 0. The maximum atomic E-state index is 6.24. The van der Waals surface area contributed by atoms with Crippen LogP contribution in [0.4, 0.5) is 0 Å². The first-order valence-corrected chi connectivity index (χ1v) is 11.1. The highest BCUT2D eigenvalue weighted by atomic mass is 32.2. The van der Waals surface area contributed by atoms with Crippen LogP contribution in [0.25, 0.3) is 11.5 Å². The standard InChI is InChI=1S/C23H23N5O2S/c24-20(21-10-11-25-16-26-21)14-17-6-8-18(9-7-17)23-28-27-22(30-23)15-31-13-12-29-19-4-2-1-3-5-19/h1-11,16,20H,12-15,24H2. The van der Waals surface area contributed by atoms with Gasteiger partial charge >= 0.3 is 0 Å². The molecule has 0 spiro atoms. The molecule has 8 heteroatoms. The summed E-state index contributed by atoms with van der Waals surface area (Å²) in [6, 6.07) is 19.4. The number of benzene rings is 2. The van der Waals surface area contributed by atoms with E-state index in [1.54, 1.807) is 18.0 Å². The number of para-hydroxylation sites is 1. The van der Waals surface area contributed by atoms with Crippen LogP contribution < -0.4 is 10.5 Å². The second-order valence-corrected chi connectivity index (χ2v) is 7.96. The third-order valence-electron chi connectivity index (χ3n) is 4.57. The van der Waals surface area contributed by atoms with Crippen LogP contribution in [0.5, 0.6) is 5.75 Å². The van der Waals surface area contributed by atoms with E-state index in [9.17, 15) is 0 Å². The molecule has 1 unspecified atom stereocenters. The van der Waals surface area contributed by atoms with E-state index in [2.05, 4.69) is 20.2 Å². The molecule has 0 saturated carbocycles. The predicted octanol–water partition coefficient (Wildman–Crippen LogP) is 4.08. The van der Waals surface area contributed by atoms with E-state index in [1.807, 2.05) is 60.7 Å². The largest absolute Gasteiger partial charge is 0.493 e. The molecule has 0 bridgehead atoms. The van der Waals surface area contributed by atoms with Gasteiger partial charge in [-0.1, -0.05) is 30.3 Å². The number of nitrogens with two attached hydrogens (primary N) is 1. The lowest BCUT2D eigenvalue weighted by molar-refractivity contribution is 0.344. The Morgan fingerprint density at radius 2 is 1.84 bits per heavy atom. The zero-order chi connectivity index (χ0) is 21.3. The Morgan fingerprint density at radius 3 is 2.61 bits per heavy atom. The van der Waals surface area contributed by atoms with Gasteiger partial charge in [0, 0.05) is 17.5 Å².